The molecule has 2 aromatic carbocycles. The molecule has 7 heteroatoms. The second-order valence-corrected chi connectivity index (χ2v) is 6.37. The summed E-state index contributed by atoms with van der Waals surface area (Å²) in [4.78, 5) is 40.2. The van der Waals surface area contributed by atoms with E-state index in [0.717, 1.165) is 11.1 Å². The predicted octanol–water partition coefficient (Wildman–Crippen LogP) is 3.72. The van der Waals surface area contributed by atoms with E-state index in [1.165, 1.54) is 32.4 Å². The van der Waals surface area contributed by atoms with E-state index in [1.807, 2.05) is 48.5 Å². The van der Waals surface area contributed by atoms with Crippen LogP contribution in [-0.2, 0) is 14.3 Å². The lowest BCUT2D eigenvalue weighted by Crippen LogP contribution is -2.30. The fraction of sp³-hybridized carbons (Fsp3) is 0.130. The Morgan fingerprint density at radius 1 is 0.900 bits per heavy atom. The van der Waals surface area contributed by atoms with Crippen molar-refractivity contribution in [2.45, 2.75) is 13.0 Å². The number of carbonyl (C=O) groups is 3. The van der Waals surface area contributed by atoms with Gasteiger partial charge in [0.2, 0.25) is 0 Å². The van der Waals surface area contributed by atoms with E-state index in [2.05, 4.69) is 15.0 Å². The van der Waals surface area contributed by atoms with Gasteiger partial charge in [0.15, 0.2) is 6.10 Å². The monoisotopic (exact) mass is 404 g/mol. The zero-order chi connectivity index (χ0) is 21.5. The first-order valence-electron chi connectivity index (χ1n) is 9.20. The molecule has 30 heavy (non-hydrogen) atoms. The molecular formula is C23H20N2O5. The summed E-state index contributed by atoms with van der Waals surface area (Å²) >= 11 is 0. The molecule has 0 unspecified atom stereocenters. The SMILES string of the molecule is COC(=O)c1ccc(C(=O)O[C@H](C)C(=O)Nc2ccccc2-c2ccccc2)nc1. The van der Waals surface area contributed by atoms with Crippen LogP contribution in [0.5, 0.6) is 0 Å². The van der Waals surface area contributed by atoms with Crippen molar-refractivity contribution in [3.8, 4) is 11.1 Å². The Balaban J connectivity index is 1.67. The van der Waals surface area contributed by atoms with Crippen molar-refractivity contribution in [2.24, 2.45) is 0 Å². The van der Waals surface area contributed by atoms with Gasteiger partial charge in [-0.3, -0.25) is 4.79 Å². The molecule has 0 fully saturated rings. The van der Waals surface area contributed by atoms with Crippen LogP contribution in [0.3, 0.4) is 0 Å². The van der Waals surface area contributed by atoms with Gasteiger partial charge in [0.1, 0.15) is 5.69 Å². The second kappa shape index (κ2) is 9.47. The number of carbonyl (C=O) groups excluding carboxylic acids is 3. The van der Waals surface area contributed by atoms with E-state index in [0.29, 0.717) is 5.69 Å². The zero-order valence-electron chi connectivity index (χ0n) is 16.5. The van der Waals surface area contributed by atoms with Gasteiger partial charge >= 0.3 is 11.9 Å². The summed E-state index contributed by atoms with van der Waals surface area (Å²) in [7, 11) is 1.25. The maximum absolute atomic E-state index is 12.6. The Labute approximate surface area is 173 Å². The standard InChI is InChI=1S/C23H20N2O5/c1-15(30-23(28)20-13-12-17(14-24-20)22(27)29-2)21(26)25-19-11-7-6-10-18(19)16-8-4-3-5-9-16/h3-15H,1-2H3,(H,25,26)/t15-/m1/s1. The van der Waals surface area contributed by atoms with Gasteiger partial charge in [0, 0.05) is 17.4 Å². The molecule has 0 spiro atoms. The Morgan fingerprint density at radius 3 is 2.27 bits per heavy atom. The van der Waals surface area contributed by atoms with Gasteiger partial charge in [0.25, 0.3) is 5.91 Å². The van der Waals surface area contributed by atoms with Crippen molar-refractivity contribution in [3.05, 3.63) is 84.2 Å². The minimum atomic E-state index is -1.05. The lowest BCUT2D eigenvalue weighted by atomic mass is 10.0. The Hall–Kier alpha value is -4.00. The van der Waals surface area contributed by atoms with Gasteiger partial charge in [0.05, 0.1) is 12.7 Å². The predicted molar refractivity (Wildman–Crippen MR) is 111 cm³/mol. The topological polar surface area (TPSA) is 94.6 Å². The summed E-state index contributed by atoms with van der Waals surface area (Å²) < 4.78 is 9.80. The van der Waals surface area contributed by atoms with Crippen LogP contribution in [0.2, 0.25) is 0 Å². The fourth-order valence-electron chi connectivity index (χ4n) is 2.72. The first kappa shape index (κ1) is 20.7. The van der Waals surface area contributed by atoms with Crippen LogP contribution in [0, 0.1) is 0 Å². The van der Waals surface area contributed by atoms with Crippen LogP contribution < -0.4 is 5.32 Å². The molecule has 0 aliphatic rings. The minimum absolute atomic E-state index is 0.0213. The molecule has 3 aromatic rings. The Bertz CT molecular complexity index is 1050. The lowest BCUT2D eigenvalue weighted by Gasteiger charge is -2.15. The molecule has 0 aliphatic heterocycles. The van der Waals surface area contributed by atoms with Gasteiger partial charge in [-0.2, -0.15) is 0 Å². The van der Waals surface area contributed by atoms with Gasteiger partial charge in [-0.15, -0.1) is 0 Å². The third kappa shape index (κ3) is 4.88. The maximum atomic E-state index is 12.6. The number of nitrogens with one attached hydrogen (secondary N) is 1. The lowest BCUT2D eigenvalue weighted by molar-refractivity contribution is -0.123. The van der Waals surface area contributed by atoms with Gasteiger partial charge < -0.3 is 14.8 Å². The normalized spacial score (nSPS) is 11.3. The highest BCUT2D eigenvalue weighted by Crippen LogP contribution is 2.27. The molecular weight excluding hydrogens is 384 g/mol. The summed E-state index contributed by atoms with van der Waals surface area (Å²) in [6.07, 6.45) is 0.159. The van der Waals surface area contributed by atoms with Crippen LogP contribution in [-0.4, -0.2) is 36.0 Å². The number of benzene rings is 2. The second-order valence-electron chi connectivity index (χ2n) is 6.37. The number of hydrogen-bond donors (Lipinski definition) is 1. The number of nitrogens with zero attached hydrogens (tertiary/aromatic N) is 1. The van der Waals surface area contributed by atoms with Crippen LogP contribution >= 0.6 is 0 Å². The molecule has 0 saturated heterocycles. The van der Waals surface area contributed by atoms with E-state index in [-0.39, 0.29) is 11.3 Å². The molecule has 7 nitrogen and oxygen atoms in total. The van der Waals surface area contributed by atoms with Crippen molar-refractivity contribution in [1.82, 2.24) is 4.98 Å². The van der Waals surface area contributed by atoms with E-state index in [1.54, 1.807) is 6.07 Å². The van der Waals surface area contributed by atoms with Crippen molar-refractivity contribution in [3.63, 3.8) is 0 Å². The van der Waals surface area contributed by atoms with Crippen molar-refractivity contribution in [1.29, 1.82) is 0 Å². The molecule has 1 heterocycles. The number of methoxy groups -OCH3 is 1. The Kier molecular flexibility index (Phi) is 6.54. The smallest absolute Gasteiger partial charge is 0.357 e. The maximum Gasteiger partial charge on any atom is 0.357 e. The van der Waals surface area contributed by atoms with Gasteiger partial charge in [-0.05, 0) is 30.7 Å². The molecule has 152 valence electrons. The molecule has 0 radical (unpaired) electrons. The Morgan fingerprint density at radius 2 is 1.60 bits per heavy atom. The van der Waals surface area contributed by atoms with Crippen molar-refractivity contribution >= 4 is 23.5 Å². The van der Waals surface area contributed by atoms with E-state index in [9.17, 15) is 14.4 Å². The molecule has 3 rings (SSSR count). The van der Waals surface area contributed by atoms with Crippen molar-refractivity contribution in [2.75, 3.05) is 12.4 Å². The number of esters is 2. The number of ether oxygens (including phenoxy) is 2. The highest BCUT2D eigenvalue weighted by atomic mass is 16.5. The highest BCUT2D eigenvalue weighted by molar-refractivity contribution is 5.99. The number of amides is 1. The van der Waals surface area contributed by atoms with Crippen molar-refractivity contribution < 1.29 is 23.9 Å². The largest absolute Gasteiger partial charge is 0.465 e. The molecule has 1 atom stereocenters. The number of aromatic nitrogens is 1. The first-order chi connectivity index (χ1) is 14.5. The molecule has 0 bridgehead atoms. The quantitative estimate of drug-likeness (QED) is 0.629. The minimum Gasteiger partial charge on any atom is -0.465 e. The molecule has 1 amide bonds. The molecule has 0 saturated carbocycles. The van der Waals surface area contributed by atoms with E-state index in [4.69, 9.17) is 4.74 Å². The summed E-state index contributed by atoms with van der Waals surface area (Å²) in [6, 6.07) is 19.7. The van der Waals surface area contributed by atoms with Gasteiger partial charge in [-0.25, -0.2) is 14.6 Å². The average molecular weight is 404 g/mol. The van der Waals surface area contributed by atoms with E-state index >= 15 is 0 Å². The first-order valence-corrected chi connectivity index (χ1v) is 9.20. The van der Waals surface area contributed by atoms with Crippen LogP contribution in [0.4, 0.5) is 5.69 Å². The average Bonchev–Trinajstić information content (AvgIpc) is 2.79. The summed E-state index contributed by atoms with van der Waals surface area (Å²) in [6.45, 7) is 1.47. The number of hydrogen-bond acceptors (Lipinski definition) is 6. The number of rotatable bonds is 6. The molecule has 0 aliphatic carbocycles. The van der Waals surface area contributed by atoms with Crippen LogP contribution in [0.25, 0.3) is 11.1 Å². The molecule has 1 aromatic heterocycles. The van der Waals surface area contributed by atoms with Crippen LogP contribution in [0.15, 0.2) is 72.9 Å². The highest BCUT2D eigenvalue weighted by Gasteiger charge is 2.21. The molecule has 1 N–H and O–H groups in total. The van der Waals surface area contributed by atoms with E-state index < -0.39 is 23.9 Å². The fourth-order valence-corrected chi connectivity index (χ4v) is 2.72. The number of anilines is 1. The third-order valence-electron chi connectivity index (χ3n) is 4.32. The van der Waals surface area contributed by atoms with Crippen LogP contribution in [0.1, 0.15) is 27.8 Å². The van der Waals surface area contributed by atoms with Gasteiger partial charge in [-0.1, -0.05) is 48.5 Å². The summed E-state index contributed by atoms with van der Waals surface area (Å²) in [5.41, 5.74) is 2.60. The number of para-hydroxylation sites is 1. The summed E-state index contributed by atoms with van der Waals surface area (Å²) in [5, 5.41) is 2.80. The summed E-state index contributed by atoms with van der Waals surface area (Å²) in [5.74, 6) is -1.81. The third-order valence-corrected chi connectivity index (χ3v) is 4.32. The zero-order valence-corrected chi connectivity index (χ0v) is 16.5. The number of pyridine rings is 1.